The fourth-order valence-electron chi connectivity index (χ4n) is 5.24. The number of amides is 1. The Labute approximate surface area is 197 Å². The first kappa shape index (κ1) is 31.0. The van der Waals surface area contributed by atoms with E-state index in [-0.39, 0.29) is 69.6 Å². The van der Waals surface area contributed by atoms with Gasteiger partial charge in [0.25, 0.3) is 0 Å². The number of fused-ring (bicyclic) bond motifs is 1. The molecule has 13 heteroatoms. The number of β-lactam (4-membered cyclic amide) rings is 1. The highest BCUT2D eigenvalue weighted by molar-refractivity contribution is 8.03. The number of nitrogens with one attached hydrogen (secondary N) is 2. The van der Waals surface area contributed by atoms with Crippen LogP contribution in [-0.4, -0.2) is 97.7 Å². The number of carbonyl (C=O) groups excluding carboxylic acids is 1. The Bertz CT molecular complexity index is 706. The zero-order chi connectivity index (χ0) is 20.2. The van der Waals surface area contributed by atoms with Gasteiger partial charge in [-0.05, 0) is 26.3 Å². The minimum Gasteiger partial charge on any atom is -0.477 e. The van der Waals surface area contributed by atoms with Gasteiger partial charge in [-0.25, -0.2) is 4.79 Å². The van der Waals surface area contributed by atoms with Crippen LogP contribution < -0.4 is 10.6 Å². The van der Waals surface area contributed by atoms with Crippen molar-refractivity contribution in [3.63, 3.8) is 0 Å². The molecule has 0 spiro atoms. The van der Waals surface area contributed by atoms with Crippen LogP contribution in [0.5, 0.6) is 0 Å². The third kappa shape index (κ3) is 5.08. The van der Waals surface area contributed by atoms with Gasteiger partial charge in [0.05, 0.1) is 24.2 Å². The zero-order valence-corrected chi connectivity index (χ0v) is 19.7. The molecule has 0 aliphatic carbocycles. The summed E-state index contributed by atoms with van der Waals surface area (Å²) in [4.78, 5) is 26.4. The first-order valence-electron chi connectivity index (χ1n) is 10.1. The van der Waals surface area contributed by atoms with E-state index in [1.807, 2.05) is 6.92 Å². The predicted octanol–water partition coefficient (Wildman–Crippen LogP) is -2.48. The first-order chi connectivity index (χ1) is 13.3. The number of carboxylic acids is 1. The van der Waals surface area contributed by atoms with E-state index in [4.69, 9.17) is 0 Å². The van der Waals surface area contributed by atoms with Crippen LogP contribution in [0.1, 0.15) is 26.7 Å². The summed E-state index contributed by atoms with van der Waals surface area (Å²) in [6.07, 6.45) is 0.547. The van der Waals surface area contributed by atoms with E-state index in [2.05, 4.69) is 10.6 Å². The second-order valence-electron chi connectivity index (χ2n) is 8.51. The lowest BCUT2D eigenvalue weighted by molar-refractivity contribution is -0.163. The van der Waals surface area contributed by atoms with Crippen LogP contribution in [0.4, 0.5) is 0 Å². The third-order valence-corrected chi connectivity index (χ3v) is 8.23. The van der Waals surface area contributed by atoms with Crippen LogP contribution in [0.15, 0.2) is 10.6 Å². The average Bonchev–Trinajstić information content (AvgIpc) is 3.35. The zero-order valence-electron chi connectivity index (χ0n) is 18.1. The molecule has 0 bridgehead atoms. The molecule has 0 aromatic heterocycles. The number of carboxylic acid groups (broad SMARTS) is 1. The number of nitrogens with zero attached hydrogens (tertiary/aromatic N) is 1. The van der Waals surface area contributed by atoms with Gasteiger partial charge in [0, 0.05) is 41.1 Å². The molecule has 4 rings (SSSR count). The average molecular weight is 502 g/mol. The Morgan fingerprint density at radius 2 is 1.88 bits per heavy atom. The molecule has 3 fully saturated rings. The van der Waals surface area contributed by atoms with Crippen LogP contribution in [0, 0.1) is 17.8 Å². The summed E-state index contributed by atoms with van der Waals surface area (Å²) in [5.41, 5.74) is 0.0772. The highest BCUT2D eigenvalue weighted by atomic mass is 35.5. The SMILES string of the molecule is C[C@@H](O)[C@H]1C(=O)N2C(C(=O)O)=C(S[C@@H]3CN[C@H]([C@H](O)[C@@H]4CCNC4)C3)[C@H](C)[C@H]12.Cl.O.O.O. The van der Waals surface area contributed by atoms with Gasteiger partial charge in [-0.15, -0.1) is 24.2 Å². The molecule has 11 N–H and O–H groups in total. The van der Waals surface area contributed by atoms with Gasteiger partial charge in [0.2, 0.25) is 5.91 Å². The van der Waals surface area contributed by atoms with Crippen molar-refractivity contribution >= 4 is 36.0 Å². The summed E-state index contributed by atoms with van der Waals surface area (Å²) in [6, 6.07) is -0.265. The van der Waals surface area contributed by atoms with Crippen molar-refractivity contribution in [1.29, 1.82) is 0 Å². The summed E-state index contributed by atoms with van der Waals surface area (Å²) in [5, 5.41) is 37.2. The van der Waals surface area contributed by atoms with Crippen LogP contribution >= 0.6 is 24.2 Å². The summed E-state index contributed by atoms with van der Waals surface area (Å²) in [6.45, 7) is 6.00. The van der Waals surface area contributed by atoms with Gasteiger partial charge < -0.3 is 47.3 Å². The Morgan fingerprint density at radius 1 is 1.22 bits per heavy atom. The number of aliphatic hydroxyl groups excluding tert-OH is 2. The smallest absolute Gasteiger partial charge is 0.353 e. The summed E-state index contributed by atoms with van der Waals surface area (Å²) in [5.74, 6) is -1.78. The maximum absolute atomic E-state index is 12.4. The maximum Gasteiger partial charge on any atom is 0.353 e. The fourth-order valence-corrected chi connectivity index (χ4v) is 6.73. The lowest BCUT2D eigenvalue weighted by Gasteiger charge is -2.46. The van der Waals surface area contributed by atoms with Gasteiger partial charge in [-0.1, -0.05) is 6.92 Å². The van der Waals surface area contributed by atoms with E-state index in [0.29, 0.717) is 6.54 Å². The minimum atomic E-state index is -1.09. The van der Waals surface area contributed by atoms with Gasteiger partial charge in [0.1, 0.15) is 5.70 Å². The number of aliphatic carboxylic acids is 1. The normalized spacial score (nSPS) is 34.9. The number of aliphatic hydroxyl groups is 2. The molecule has 0 saturated carbocycles. The molecule has 1 amide bonds. The van der Waals surface area contributed by atoms with Crippen molar-refractivity contribution in [2.45, 2.75) is 56.2 Å². The monoisotopic (exact) mass is 501 g/mol. The molecular formula is C19H36ClN3O8S. The number of hydrogen-bond donors (Lipinski definition) is 5. The molecular weight excluding hydrogens is 466 g/mol. The van der Waals surface area contributed by atoms with E-state index in [9.17, 15) is 24.9 Å². The van der Waals surface area contributed by atoms with Crippen LogP contribution in [0.2, 0.25) is 0 Å². The van der Waals surface area contributed by atoms with Crippen molar-refractivity contribution < 1.29 is 41.3 Å². The summed E-state index contributed by atoms with van der Waals surface area (Å²) in [7, 11) is 0. The minimum absolute atomic E-state index is 0. The van der Waals surface area contributed by atoms with Crippen molar-refractivity contribution in [2.24, 2.45) is 17.8 Å². The van der Waals surface area contributed by atoms with Crippen LogP contribution in [-0.2, 0) is 9.59 Å². The molecule has 0 aromatic carbocycles. The fraction of sp³-hybridized carbons (Fsp3) is 0.789. The summed E-state index contributed by atoms with van der Waals surface area (Å²) >= 11 is 1.52. The molecule has 32 heavy (non-hydrogen) atoms. The predicted molar refractivity (Wildman–Crippen MR) is 122 cm³/mol. The molecule has 11 nitrogen and oxygen atoms in total. The molecule has 4 heterocycles. The van der Waals surface area contributed by atoms with Gasteiger partial charge in [-0.3, -0.25) is 4.79 Å². The van der Waals surface area contributed by atoms with E-state index < -0.39 is 24.1 Å². The molecule has 4 aliphatic rings. The highest BCUT2D eigenvalue weighted by Gasteiger charge is 2.60. The Morgan fingerprint density at radius 3 is 2.41 bits per heavy atom. The number of rotatable bonds is 6. The van der Waals surface area contributed by atoms with E-state index >= 15 is 0 Å². The lowest BCUT2D eigenvalue weighted by atomic mass is 9.79. The topological polar surface area (TPSA) is 217 Å². The molecule has 8 atom stereocenters. The van der Waals surface area contributed by atoms with E-state index in [0.717, 1.165) is 30.8 Å². The Kier molecular flexibility index (Phi) is 11.6. The van der Waals surface area contributed by atoms with Crippen molar-refractivity contribution in [3.05, 3.63) is 10.6 Å². The molecule has 0 radical (unpaired) electrons. The number of thioether (sulfide) groups is 1. The first-order valence-corrected chi connectivity index (χ1v) is 11.0. The highest BCUT2D eigenvalue weighted by Crippen LogP contribution is 2.51. The summed E-state index contributed by atoms with van der Waals surface area (Å²) < 4.78 is 0. The number of carbonyl (C=O) groups is 2. The Balaban J connectivity index is 0.00000240. The molecule has 0 unspecified atom stereocenters. The van der Waals surface area contributed by atoms with E-state index in [1.165, 1.54) is 16.7 Å². The quantitative estimate of drug-likeness (QED) is 0.245. The Hall–Kier alpha value is -0.960. The second-order valence-corrected chi connectivity index (χ2v) is 9.85. The number of hydrogen-bond acceptors (Lipinski definition) is 7. The lowest BCUT2D eigenvalue weighted by Crippen LogP contribution is -2.63. The van der Waals surface area contributed by atoms with Crippen LogP contribution in [0.25, 0.3) is 0 Å². The molecule has 0 aromatic rings. The molecule has 3 saturated heterocycles. The second kappa shape index (κ2) is 12.0. The van der Waals surface area contributed by atoms with Gasteiger partial charge in [0.15, 0.2) is 0 Å². The maximum atomic E-state index is 12.4. The van der Waals surface area contributed by atoms with E-state index in [1.54, 1.807) is 6.92 Å². The molecule has 188 valence electrons. The van der Waals surface area contributed by atoms with Crippen molar-refractivity contribution in [3.8, 4) is 0 Å². The van der Waals surface area contributed by atoms with Crippen LogP contribution in [0.3, 0.4) is 0 Å². The largest absolute Gasteiger partial charge is 0.477 e. The molecule has 4 aliphatic heterocycles. The number of halogens is 1. The van der Waals surface area contributed by atoms with Gasteiger partial charge in [-0.2, -0.15) is 0 Å². The standard InChI is InChI=1S/C19H29N3O5S.ClH.3H2O/c1-8-14-13(9(2)23)18(25)22(14)15(19(26)27)17(8)28-11-5-12(21-7-11)16(24)10-3-4-20-6-10;;;;/h8-14,16,20-21,23-24H,3-7H2,1-2H3,(H,26,27);1H;3*1H2/t8-,9-,10-,11+,12+,13-,14-,16-;;;;/m1..../s1. The van der Waals surface area contributed by atoms with Gasteiger partial charge >= 0.3 is 5.97 Å². The third-order valence-electron chi connectivity index (χ3n) is 6.72. The van der Waals surface area contributed by atoms with Crippen molar-refractivity contribution in [1.82, 2.24) is 15.5 Å². The van der Waals surface area contributed by atoms with Crippen molar-refractivity contribution in [2.75, 3.05) is 19.6 Å².